The summed E-state index contributed by atoms with van der Waals surface area (Å²) in [6.07, 6.45) is 3.00. The molecule has 1 heterocycles. The standard InChI is InChI=1S/C9H17N3S/c1-3-6-13-7-8(10)9-4-5-11-12(9)2/h4-5,8H,3,6-7,10H2,1-2H3. The molecule has 0 aliphatic carbocycles. The fourth-order valence-electron chi connectivity index (χ4n) is 1.19. The van der Waals surface area contributed by atoms with Gasteiger partial charge in [0.1, 0.15) is 0 Å². The topological polar surface area (TPSA) is 43.8 Å². The Morgan fingerprint density at radius 2 is 2.46 bits per heavy atom. The molecule has 1 rings (SSSR count). The van der Waals surface area contributed by atoms with E-state index in [0.717, 1.165) is 11.4 Å². The van der Waals surface area contributed by atoms with Crippen molar-refractivity contribution in [1.82, 2.24) is 9.78 Å². The van der Waals surface area contributed by atoms with Crippen LogP contribution in [-0.2, 0) is 7.05 Å². The summed E-state index contributed by atoms with van der Waals surface area (Å²) in [4.78, 5) is 0. The van der Waals surface area contributed by atoms with E-state index in [1.165, 1.54) is 12.2 Å². The number of aromatic nitrogens is 2. The van der Waals surface area contributed by atoms with Gasteiger partial charge in [0, 0.05) is 19.0 Å². The van der Waals surface area contributed by atoms with Crippen LogP contribution in [0.5, 0.6) is 0 Å². The lowest BCUT2D eigenvalue weighted by atomic mass is 10.2. The normalized spacial score (nSPS) is 13.2. The molecule has 74 valence electrons. The molecule has 4 heteroatoms. The van der Waals surface area contributed by atoms with E-state index in [2.05, 4.69) is 12.0 Å². The third-order valence-corrected chi connectivity index (χ3v) is 3.18. The van der Waals surface area contributed by atoms with Crippen molar-refractivity contribution in [1.29, 1.82) is 0 Å². The molecule has 0 aliphatic rings. The molecule has 0 aromatic carbocycles. The first kappa shape index (κ1) is 10.6. The summed E-state index contributed by atoms with van der Waals surface area (Å²) in [5.74, 6) is 2.17. The molecule has 13 heavy (non-hydrogen) atoms. The minimum Gasteiger partial charge on any atom is -0.322 e. The Morgan fingerprint density at radius 1 is 1.69 bits per heavy atom. The minimum atomic E-state index is 0.115. The Kier molecular flexibility index (Phi) is 4.32. The third kappa shape index (κ3) is 3.04. The fraction of sp³-hybridized carbons (Fsp3) is 0.667. The first-order valence-electron chi connectivity index (χ1n) is 4.57. The number of nitrogens with zero attached hydrogens (tertiary/aromatic N) is 2. The summed E-state index contributed by atoms with van der Waals surface area (Å²) in [6, 6.07) is 2.10. The van der Waals surface area contributed by atoms with E-state index in [-0.39, 0.29) is 6.04 Å². The van der Waals surface area contributed by atoms with Gasteiger partial charge in [-0.25, -0.2) is 0 Å². The van der Waals surface area contributed by atoms with E-state index in [9.17, 15) is 0 Å². The van der Waals surface area contributed by atoms with Crippen LogP contribution in [0.3, 0.4) is 0 Å². The number of hydrogen-bond acceptors (Lipinski definition) is 3. The summed E-state index contributed by atoms with van der Waals surface area (Å²) in [5.41, 5.74) is 7.11. The van der Waals surface area contributed by atoms with Crippen LogP contribution in [0.15, 0.2) is 12.3 Å². The van der Waals surface area contributed by atoms with Gasteiger partial charge in [-0.1, -0.05) is 6.92 Å². The highest BCUT2D eigenvalue weighted by atomic mass is 32.2. The third-order valence-electron chi connectivity index (χ3n) is 1.88. The molecule has 0 spiro atoms. The predicted octanol–water partition coefficient (Wildman–Crippen LogP) is 1.56. The molecular weight excluding hydrogens is 182 g/mol. The van der Waals surface area contributed by atoms with E-state index in [0.29, 0.717) is 0 Å². The molecule has 0 fully saturated rings. The van der Waals surface area contributed by atoms with Crippen molar-refractivity contribution >= 4 is 11.8 Å². The van der Waals surface area contributed by atoms with E-state index in [1.54, 1.807) is 6.20 Å². The number of aryl methyl sites for hydroxylation is 1. The van der Waals surface area contributed by atoms with Crippen LogP contribution in [0.1, 0.15) is 25.1 Å². The molecule has 2 N–H and O–H groups in total. The van der Waals surface area contributed by atoms with Crippen molar-refractivity contribution in [2.24, 2.45) is 12.8 Å². The van der Waals surface area contributed by atoms with Gasteiger partial charge in [-0.05, 0) is 18.2 Å². The van der Waals surface area contributed by atoms with Crippen LogP contribution in [0, 0.1) is 0 Å². The van der Waals surface area contributed by atoms with Gasteiger partial charge in [0.2, 0.25) is 0 Å². The Hall–Kier alpha value is -0.480. The second-order valence-corrected chi connectivity index (χ2v) is 4.21. The summed E-state index contributed by atoms with van der Waals surface area (Å²) in [7, 11) is 1.93. The average molecular weight is 199 g/mol. The van der Waals surface area contributed by atoms with E-state index < -0.39 is 0 Å². The van der Waals surface area contributed by atoms with Crippen molar-refractivity contribution in [3.63, 3.8) is 0 Å². The highest BCUT2D eigenvalue weighted by Gasteiger charge is 2.08. The molecule has 1 atom stereocenters. The van der Waals surface area contributed by atoms with Gasteiger partial charge in [0.25, 0.3) is 0 Å². The average Bonchev–Trinajstić information content (AvgIpc) is 2.52. The Bertz CT molecular complexity index is 247. The Labute approximate surface area is 83.7 Å². The van der Waals surface area contributed by atoms with Gasteiger partial charge in [-0.15, -0.1) is 0 Å². The molecule has 0 saturated carbocycles. The monoisotopic (exact) mass is 199 g/mol. The molecule has 1 unspecified atom stereocenters. The smallest absolute Gasteiger partial charge is 0.0558 e. The van der Waals surface area contributed by atoms with Crippen LogP contribution in [-0.4, -0.2) is 21.3 Å². The predicted molar refractivity (Wildman–Crippen MR) is 57.8 cm³/mol. The highest BCUT2D eigenvalue weighted by Crippen LogP contribution is 2.15. The number of rotatable bonds is 5. The first-order valence-corrected chi connectivity index (χ1v) is 5.72. The lowest BCUT2D eigenvalue weighted by molar-refractivity contribution is 0.659. The maximum atomic E-state index is 6.00. The van der Waals surface area contributed by atoms with Gasteiger partial charge >= 0.3 is 0 Å². The molecule has 0 aliphatic heterocycles. The first-order chi connectivity index (χ1) is 6.25. The maximum absolute atomic E-state index is 6.00. The van der Waals surface area contributed by atoms with Gasteiger partial charge < -0.3 is 5.73 Å². The van der Waals surface area contributed by atoms with E-state index >= 15 is 0 Å². The van der Waals surface area contributed by atoms with Gasteiger partial charge in [-0.3, -0.25) is 4.68 Å². The van der Waals surface area contributed by atoms with Crippen LogP contribution < -0.4 is 5.73 Å². The fourth-order valence-corrected chi connectivity index (χ4v) is 2.07. The second-order valence-electron chi connectivity index (χ2n) is 3.06. The summed E-state index contributed by atoms with van der Waals surface area (Å²) in [5, 5.41) is 4.09. The van der Waals surface area contributed by atoms with Crippen molar-refractivity contribution in [2.45, 2.75) is 19.4 Å². The number of thioether (sulfide) groups is 1. The van der Waals surface area contributed by atoms with Gasteiger partial charge in [-0.2, -0.15) is 16.9 Å². The molecule has 3 nitrogen and oxygen atoms in total. The van der Waals surface area contributed by atoms with Crippen LogP contribution >= 0.6 is 11.8 Å². The molecule has 0 saturated heterocycles. The van der Waals surface area contributed by atoms with Crippen molar-refractivity contribution in [3.05, 3.63) is 18.0 Å². The zero-order chi connectivity index (χ0) is 9.68. The van der Waals surface area contributed by atoms with Crippen molar-refractivity contribution in [3.8, 4) is 0 Å². The molecule has 0 radical (unpaired) electrons. The number of nitrogens with two attached hydrogens (primary N) is 1. The van der Waals surface area contributed by atoms with Crippen molar-refractivity contribution in [2.75, 3.05) is 11.5 Å². The Balaban J connectivity index is 2.39. The lowest BCUT2D eigenvalue weighted by Crippen LogP contribution is -2.17. The van der Waals surface area contributed by atoms with Crippen molar-refractivity contribution < 1.29 is 0 Å². The highest BCUT2D eigenvalue weighted by molar-refractivity contribution is 7.99. The van der Waals surface area contributed by atoms with Crippen LogP contribution in [0.25, 0.3) is 0 Å². The summed E-state index contributed by atoms with van der Waals surface area (Å²) in [6.45, 7) is 2.18. The summed E-state index contributed by atoms with van der Waals surface area (Å²) >= 11 is 1.90. The Morgan fingerprint density at radius 3 is 3.00 bits per heavy atom. The molecular formula is C9H17N3S. The minimum absolute atomic E-state index is 0.115. The van der Waals surface area contributed by atoms with E-state index in [4.69, 9.17) is 5.73 Å². The van der Waals surface area contributed by atoms with Gasteiger partial charge in [0.05, 0.1) is 11.7 Å². The SMILES string of the molecule is CCCSCC(N)c1ccnn1C. The molecule has 1 aromatic rings. The lowest BCUT2D eigenvalue weighted by Gasteiger charge is -2.10. The van der Waals surface area contributed by atoms with Crippen LogP contribution in [0.2, 0.25) is 0 Å². The zero-order valence-electron chi connectivity index (χ0n) is 8.23. The maximum Gasteiger partial charge on any atom is 0.0558 e. The van der Waals surface area contributed by atoms with Crippen LogP contribution in [0.4, 0.5) is 0 Å². The molecule has 0 bridgehead atoms. The molecule has 1 aromatic heterocycles. The zero-order valence-corrected chi connectivity index (χ0v) is 9.05. The largest absolute Gasteiger partial charge is 0.322 e. The quantitative estimate of drug-likeness (QED) is 0.732. The van der Waals surface area contributed by atoms with Gasteiger partial charge in [0.15, 0.2) is 0 Å². The van der Waals surface area contributed by atoms with E-state index in [1.807, 2.05) is 29.6 Å². The molecule has 0 amide bonds. The second kappa shape index (κ2) is 5.29. The number of hydrogen-bond donors (Lipinski definition) is 1. The summed E-state index contributed by atoms with van der Waals surface area (Å²) < 4.78 is 1.84.